The first-order valence-electron chi connectivity index (χ1n) is 10.6. The monoisotopic (exact) mass is 420 g/mol. The first-order chi connectivity index (χ1) is 15.2. The average molecular weight is 420 g/mol. The highest BCUT2D eigenvalue weighted by atomic mass is 16.5. The van der Waals surface area contributed by atoms with Crippen molar-refractivity contribution in [2.75, 3.05) is 19.7 Å². The minimum Gasteiger partial charge on any atom is -0.375 e. The Hall–Kier alpha value is -3.20. The number of piperidine rings is 1. The Labute approximate surface area is 179 Å². The minimum atomic E-state index is -0.175. The van der Waals surface area contributed by atoms with E-state index in [0.29, 0.717) is 48.6 Å². The van der Waals surface area contributed by atoms with Crippen LogP contribution in [0.5, 0.6) is 0 Å². The topological polar surface area (TPSA) is 107 Å². The van der Waals surface area contributed by atoms with Crippen molar-refractivity contribution in [3.05, 3.63) is 54.6 Å². The van der Waals surface area contributed by atoms with E-state index in [-0.39, 0.29) is 11.5 Å². The van der Waals surface area contributed by atoms with E-state index in [4.69, 9.17) is 9.26 Å². The lowest BCUT2D eigenvalue weighted by molar-refractivity contribution is -0.124. The van der Waals surface area contributed by atoms with E-state index < -0.39 is 0 Å². The smallest absolute Gasteiger partial charge is 0.253 e. The fraction of sp³-hybridized carbons (Fsp3) is 0.455. The van der Waals surface area contributed by atoms with Crippen LogP contribution in [0, 0.1) is 5.92 Å². The zero-order valence-corrected chi connectivity index (χ0v) is 17.2. The van der Waals surface area contributed by atoms with Crippen LogP contribution in [0.2, 0.25) is 0 Å². The van der Waals surface area contributed by atoms with Crippen molar-refractivity contribution in [3.8, 4) is 11.5 Å². The van der Waals surface area contributed by atoms with Gasteiger partial charge in [-0.25, -0.2) is 4.98 Å². The molecule has 0 N–H and O–H groups in total. The summed E-state index contributed by atoms with van der Waals surface area (Å²) in [6.07, 6.45) is 12.5. The summed E-state index contributed by atoms with van der Waals surface area (Å²) in [6, 6.07) is 3.53. The molecule has 2 saturated heterocycles. The molecule has 0 bridgehead atoms. The molecular formula is C22H24N6O3. The molecule has 9 nitrogen and oxygen atoms in total. The van der Waals surface area contributed by atoms with Crippen molar-refractivity contribution in [3.63, 3.8) is 0 Å². The Balaban J connectivity index is 1.19. The predicted molar refractivity (Wildman–Crippen MR) is 110 cm³/mol. The highest BCUT2D eigenvalue weighted by Gasteiger charge is 2.41. The number of ether oxygens (including phenoxy) is 1. The molecule has 2 aliphatic rings. The molecule has 2 aliphatic heterocycles. The van der Waals surface area contributed by atoms with Gasteiger partial charge in [-0.1, -0.05) is 5.16 Å². The quantitative estimate of drug-likeness (QED) is 0.634. The molecule has 3 aromatic heterocycles. The van der Waals surface area contributed by atoms with Crippen molar-refractivity contribution >= 4 is 5.91 Å². The number of likely N-dealkylation sites (tertiary alicyclic amines) is 1. The summed E-state index contributed by atoms with van der Waals surface area (Å²) in [5.74, 6) is 1.55. The van der Waals surface area contributed by atoms with Gasteiger partial charge in [0.05, 0.1) is 11.8 Å². The van der Waals surface area contributed by atoms with Gasteiger partial charge in [0.25, 0.3) is 5.91 Å². The molecule has 0 aliphatic carbocycles. The highest BCUT2D eigenvalue weighted by molar-refractivity contribution is 5.94. The summed E-state index contributed by atoms with van der Waals surface area (Å²) in [5, 5.41) is 4.05. The van der Waals surface area contributed by atoms with Gasteiger partial charge in [-0.05, 0) is 43.7 Å². The van der Waals surface area contributed by atoms with Crippen LogP contribution in [0.15, 0.2) is 47.6 Å². The fourth-order valence-electron chi connectivity index (χ4n) is 4.55. The molecule has 1 spiro atoms. The molecule has 0 radical (unpaired) electrons. The van der Waals surface area contributed by atoms with E-state index in [1.807, 2.05) is 4.90 Å². The summed E-state index contributed by atoms with van der Waals surface area (Å²) in [5.41, 5.74) is 1.11. The third kappa shape index (κ3) is 4.32. The van der Waals surface area contributed by atoms with Gasteiger partial charge in [-0.3, -0.25) is 14.8 Å². The predicted octanol–water partition coefficient (Wildman–Crippen LogP) is 2.57. The zero-order chi connectivity index (χ0) is 21.1. The maximum atomic E-state index is 12.7. The van der Waals surface area contributed by atoms with Gasteiger partial charge in [-0.2, -0.15) is 4.98 Å². The van der Waals surface area contributed by atoms with E-state index >= 15 is 0 Å². The SMILES string of the molecule is O=C(c1ccncc1)N1CCC2(CC1)CC(Cc1nc(-c3cnccn3)no1)CCO2. The normalized spacial score (nSPS) is 20.6. The van der Waals surface area contributed by atoms with Crippen molar-refractivity contribution in [1.29, 1.82) is 0 Å². The fourth-order valence-corrected chi connectivity index (χ4v) is 4.55. The first kappa shape index (κ1) is 19.7. The van der Waals surface area contributed by atoms with Crippen molar-refractivity contribution in [1.82, 2.24) is 30.0 Å². The van der Waals surface area contributed by atoms with Crippen LogP contribution in [-0.2, 0) is 11.2 Å². The molecule has 1 atom stereocenters. The number of amides is 1. The molecule has 0 aromatic carbocycles. The van der Waals surface area contributed by atoms with Crippen molar-refractivity contribution in [2.45, 2.75) is 37.7 Å². The standard InChI is InChI=1S/C22H24N6O3/c29-21(17-1-6-23-7-2-17)28-10-4-22(5-11-28)14-16(3-12-30-22)13-19-26-20(27-31-19)18-15-24-8-9-25-18/h1-2,6-9,15-16H,3-5,10-14H2. The number of nitrogens with zero attached hydrogens (tertiary/aromatic N) is 6. The Kier molecular flexibility index (Phi) is 5.42. The van der Waals surface area contributed by atoms with Gasteiger partial charge in [0.1, 0.15) is 5.69 Å². The molecule has 1 unspecified atom stereocenters. The molecule has 0 saturated carbocycles. The Bertz CT molecular complexity index is 1020. The zero-order valence-electron chi connectivity index (χ0n) is 17.2. The lowest BCUT2D eigenvalue weighted by Crippen LogP contribution is -2.51. The van der Waals surface area contributed by atoms with Crippen molar-refractivity contribution < 1.29 is 14.1 Å². The first-order valence-corrected chi connectivity index (χ1v) is 10.6. The number of carbonyl (C=O) groups is 1. The number of aromatic nitrogens is 5. The van der Waals surface area contributed by atoms with Gasteiger partial charge in [0.2, 0.25) is 11.7 Å². The highest BCUT2D eigenvalue weighted by Crippen LogP contribution is 2.39. The van der Waals surface area contributed by atoms with Crippen LogP contribution < -0.4 is 0 Å². The number of hydrogen-bond acceptors (Lipinski definition) is 8. The molecule has 9 heteroatoms. The number of pyridine rings is 1. The van der Waals surface area contributed by atoms with E-state index in [1.165, 1.54) is 0 Å². The maximum absolute atomic E-state index is 12.7. The number of carbonyl (C=O) groups excluding carboxylic acids is 1. The van der Waals surface area contributed by atoms with Gasteiger partial charge in [0, 0.05) is 56.5 Å². The lowest BCUT2D eigenvalue weighted by Gasteiger charge is -2.46. The summed E-state index contributed by atoms with van der Waals surface area (Å²) >= 11 is 0. The summed E-state index contributed by atoms with van der Waals surface area (Å²) in [7, 11) is 0. The van der Waals surface area contributed by atoms with Gasteiger partial charge in [0.15, 0.2) is 0 Å². The van der Waals surface area contributed by atoms with Crippen LogP contribution in [0.4, 0.5) is 0 Å². The van der Waals surface area contributed by atoms with E-state index in [0.717, 1.165) is 32.1 Å². The second-order valence-electron chi connectivity index (χ2n) is 8.22. The second-order valence-corrected chi connectivity index (χ2v) is 8.22. The molecule has 1 amide bonds. The molecule has 31 heavy (non-hydrogen) atoms. The second kappa shape index (κ2) is 8.50. The molecule has 5 rings (SSSR count). The van der Waals surface area contributed by atoms with Gasteiger partial charge < -0.3 is 14.2 Å². The van der Waals surface area contributed by atoms with Crippen LogP contribution in [-0.4, -0.2) is 61.2 Å². The molecule has 160 valence electrons. The Morgan fingerprint density at radius 1 is 1.13 bits per heavy atom. The van der Waals surface area contributed by atoms with Gasteiger partial charge in [-0.15, -0.1) is 0 Å². The van der Waals surface area contributed by atoms with Crippen molar-refractivity contribution in [2.24, 2.45) is 5.92 Å². The van der Waals surface area contributed by atoms with E-state index in [1.54, 1.807) is 43.1 Å². The van der Waals surface area contributed by atoms with E-state index in [9.17, 15) is 4.79 Å². The molecule has 2 fully saturated rings. The van der Waals surface area contributed by atoms with Crippen LogP contribution in [0.25, 0.3) is 11.5 Å². The molecule has 5 heterocycles. The number of hydrogen-bond donors (Lipinski definition) is 0. The van der Waals surface area contributed by atoms with Crippen LogP contribution >= 0.6 is 0 Å². The summed E-state index contributed by atoms with van der Waals surface area (Å²) in [4.78, 5) is 31.4. The third-order valence-electron chi connectivity index (χ3n) is 6.21. The van der Waals surface area contributed by atoms with Gasteiger partial charge >= 0.3 is 0 Å². The molecule has 3 aromatic rings. The Morgan fingerprint density at radius 2 is 1.97 bits per heavy atom. The lowest BCUT2D eigenvalue weighted by atomic mass is 9.78. The largest absolute Gasteiger partial charge is 0.375 e. The molecular weight excluding hydrogens is 396 g/mol. The maximum Gasteiger partial charge on any atom is 0.253 e. The third-order valence-corrected chi connectivity index (χ3v) is 6.21. The average Bonchev–Trinajstić information content (AvgIpc) is 3.29. The summed E-state index contributed by atoms with van der Waals surface area (Å²) in [6.45, 7) is 2.12. The van der Waals surface area contributed by atoms with E-state index in [2.05, 4.69) is 25.1 Å². The van der Waals surface area contributed by atoms with Crippen LogP contribution in [0.1, 0.15) is 41.9 Å². The Morgan fingerprint density at radius 3 is 2.74 bits per heavy atom. The summed E-state index contributed by atoms with van der Waals surface area (Å²) < 4.78 is 11.7. The minimum absolute atomic E-state index is 0.0620. The number of rotatable bonds is 4. The van der Waals surface area contributed by atoms with Crippen LogP contribution in [0.3, 0.4) is 0 Å².